The minimum Gasteiger partial charge on any atom is -0.310 e. The smallest absolute Gasteiger partial charge is 0.231 e. The van der Waals surface area contributed by atoms with Crippen molar-refractivity contribution in [3.63, 3.8) is 0 Å². The first-order valence-electron chi connectivity index (χ1n) is 6.40. The molecule has 0 atom stereocenters. The Labute approximate surface area is 130 Å². The fourth-order valence-corrected chi connectivity index (χ4v) is 3.39. The number of thiazole rings is 1. The van der Waals surface area contributed by atoms with E-state index in [1.807, 2.05) is 35.9 Å². The van der Waals surface area contributed by atoms with E-state index in [1.54, 1.807) is 28.9 Å². The minimum absolute atomic E-state index is 0.102. The molecular weight excluding hydrogens is 302 g/mol. The number of pyridine rings is 1. The van der Waals surface area contributed by atoms with Crippen LogP contribution in [0, 0.1) is 6.92 Å². The number of nitrogens with one attached hydrogen (secondary N) is 1. The molecule has 0 spiro atoms. The second-order valence-electron chi connectivity index (χ2n) is 4.60. The van der Waals surface area contributed by atoms with E-state index in [1.165, 1.54) is 0 Å². The summed E-state index contributed by atoms with van der Waals surface area (Å²) in [5.41, 5.74) is 2.96. The highest BCUT2D eigenvalue weighted by Gasteiger charge is 2.10. The molecule has 0 aliphatic rings. The Balaban J connectivity index is 1.65. The summed E-state index contributed by atoms with van der Waals surface area (Å²) in [5.74, 6) is 0.476. The molecule has 1 amide bonds. The standard InChI is InChI=1S/C15H13N3OS2/c1-10-2-4-16-13(6-10)18-14(19)7-12-9-21-15(17-12)11-3-5-20-8-11/h2-6,8-9H,7H2,1H3,(H,16,18,19). The number of aromatic nitrogens is 2. The second-order valence-corrected chi connectivity index (χ2v) is 6.24. The highest BCUT2D eigenvalue weighted by Crippen LogP contribution is 2.25. The van der Waals surface area contributed by atoms with E-state index in [-0.39, 0.29) is 12.3 Å². The van der Waals surface area contributed by atoms with Crippen LogP contribution >= 0.6 is 22.7 Å². The monoisotopic (exact) mass is 315 g/mol. The summed E-state index contributed by atoms with van der Waals surface area (Å²) < 4.78 is 0. The van der Waals surface area contributed by atoms with E-state index >= 15 is 0 Å². The fraction of sp³-hybridized carbons (Fsp3) is 0.133. The second kappa shape index (κ2) is 6.15. The molecular formula is C15H13N3OS2. The molecule has 4 nitrogen and oxygen atoms in total. The zero-order chi connectivity index (χ0) is 14.7. The lowest BCUT2D eigenvalue weighted by Gasteiger charge is -2.03. The van der Waals surface area contributed by atoms with Crippen LogP contribution in [0.4, 0.5) is 5.82 Å². The third-order valence-corrected chi connectivity index (χ3v) is 4.47. The van der Waals surface area contributed by atoms with Gasteiger partial charge >= 0.3 is 0 Å². The number of hydrogen-bond acceptors (Lipinski definition) is 5. The van der Waals surface area contributed by atoms with Crippen LogP contribution in [-0.4, -0.2) is 15.9 Å². The van der Waals surface area contributed by atoms with Crippen LogP contribution in [0.15, 0.2) is 40.5 Å². The molecule has 106 valence electrons. The van der Waals surface area contributed by atoms with Crippen LogP contribution in [-0.2, 0) is 11.2 Å². The van der Waals surface area contributed by atoms with Crippen LogP contribution < -0.4 is 5.32 Å². The highest BCUT2D eigenvalue weighted by atomic mass is 32.1. The van der Waals surface area contributed by atoms with E-state index in [0.717, 1.165) is 21.8 Å². The average molecular weight is 315 g/mol. The van der Waals surface area contributed by atoms with Crippen LogP contribution in [0.3, 0.4) is 0 Å². The lowest BCUT2D eigenvalue weighted by atomic mass is 10.3. The van der Waals surface area contributed by atoms with Gasteiger partial charge in [-0.3, -0.25) is 4.79 Å². The van der Waals surface area contributed by atoms with Crippen LogP contribution in [0.5, 0.6) is 0 Å². The summed E-state index contributed by atoms with van der Waals surface area (Å²) in [6, 6.07) is 5.77. The first-order chi connectivity index (χ1) is 10.2. The number of hydrogen-bond donors (Lipinski definition) is 1. The van der Waals surface area contributed by atoms with Gasteiger partial charge in [-0.1, -0.05) is 0 Å². The van der Waals surface area contributed by atoms with Gasteiger partial charge in [-0.25, -0.2) is 9.97 Å². The predicted octanol–water partition coefficient (Wildman–Crippen LogP) is 3.76. The number of aryl methyl sites for hydroxylation is 1. The molecule has 0 aliphatic carbocycles. The largest absolute Gasteiger partial charge is 0.310 e. The lowest BCUT2D eigenvalue weighted by molar-refractivity contribution is -0.115. The normalized spacial score (nSPS) is 10.5. The van der Waals surface area contributed by atoms with Crippen molar-refractivity contribution < 1.29 is 4.79 Å². The maximum absolute atomic E-state index is 12.0. The van der Waals surface area contributed by atoms with Crippen LogP contribution in [0.1, 0.15) is 11.3 Å². The van der Waals surface area contributed by atoms with Crippen molar-refractivity contribution in [2.24, 2.45) is 0 Å². The van der Waals surface area contributed by atoms with Crippen LogP contribution in [0.25, 0.3) is 10.6 Å². The van der Waals surface area contributed by atoms with Gasteiger partial charge < -0.3 is 5.32 Å². The van der Waals surface area contributed by atoms with Crippen molar-refractivity contribution in [2.45, 2.75) is 13.3 Å². The van der Waals surface area contributed by atoms with E-state index in [0.29, 0.717) is 5.82 Å². The molecule has 0 bridgehead atoms. The predicted molar refractivity (Wildman–Crippen MR) is 86.7 cm³/mol. The molecule has 21 heavy (non-hydrogen) atoms. The Morgan fingerprint density at radius 3 is 3.00 bits per heavy atom. The summed E-state index contributed by atoms with van der Waals surface area (Å²) in [6.07, 6.45) is 1.94. The van der Waals surface area contributed by atoms with Gasteiger partial charge in [0.15, 0.2) is 0 Å². The number of carbonyl (C=O) groups is 1. The molecule has 0 fully saturated rings. The van der Waals surface area contributed by atoms with Gasteiger partial charge in [0.25, 0.3) is 0 Å². The number of thiophene rings is 1. The molecule has 0 aromatic carbocycles. The zero-order valence-corrected chi connectivity index (χ0v) is 13.0. The van der Waals surface area contributed by atoms with Crippen molar-refractivity contribution in [3.05, 3.63) is 51.8 Å². The van der Waals surface area contributed by atoms with E-state index < -0.39 is 0 Å². The van der Waals surface area contributed by atoms with Gasteiger partial charge in [0.2, 0.25) is 5.91 Å². The Kier molecular flexibility index (Phi) is 4.08. The average Bonchev–Trinajstić information content (AvgIpc) is 3.08. The molecule has 0 unspecified atom stereocenters. The molecule has 6 heteroatoms. The van der Waals surface area contributed by atoms with Gasteiger partial charge in [0.05, 0.1) is 12.1 Å². The van der Waals surface area contributed by atoms with Gasteiger partial charge in [0, 0.05) is 22.5 Å². The summed E-state index contributed by atoms with van der Waals surface area (Å²) in [5, 5.41) is 9.75. The molecule has 0 radical (unpaired) electrons. The van der Waals surface area contributed by atoms with Gasteiger partial charge in [-0.2, -0.15) is 11.3 Å². The molecule has 0 saturated heterocycles. The third kappa shape index (κ3) is 3.53. The number of amides is 1. The first kappa shape index (κ1) is 13.9. The fourth-order valence-electron chi connectivity index (χ4n) is 1.86. The van der Waals surface area contributed by atoms with E-state index in [9.17, 15) is 4.79 Å². The van der Waals surface area contributed by atoms with Crippen LogP contribution in [0.2, 0.25) is 0 Å². The molecule has 0 saturated carbocycles. The Morgan fingerprint density at radius 1 is 1.33 bits per heavy atom. The number of anilines is 1. The zero-order valence-electron chi connectivity index (χ0n) is 11.4. The Hall–Kier alpha value is -2.05. The van der Waals surface area contributed by atoms with Crippen molar-refractivity contribution in [1.29, 1.82) is 0 Å². The summed E-state index contributed by atoms with van der Waals surface area (Å²) >= 11 is 3.20. The van der Waals surface area contributed by atoms with Gasteiger partial charge in [-0.15, -0.1) is 11.3 Å². The maximum Gasteiger partial charge on any atom is 0.231 e. The summed E-state index contributed by atoms with van der Waals surface area (Å²) in [6.45, 7) is 1.96. The van der Waals surface area contributed by atoms with E-state index in [4.69, 9.17) is 0 Å². The number of nitrogens with zero attached hydrogens (tertiary/aromatic N) is 2. The SMILES string of the molecule is Cc1ccnc(NC(=O)Cc2csc(-c3ccsc3)n2)c1. The molecule has 3 rings (SSSR count). The topological polar surface area (TPSA) is 54.9 Å². The summed E-state index contributed by atoms with van der Waals surface area (Å²) in [4.78, 5) is 20.6. The van der Waals surface area contributed by atoms with Crippen molar-refractivity contribution >= 4 is 34.4 Å². The van der Waals surface area contributed by atoms with E-state index in [2.05, 4.69) is 20.7 Å². The quantitative estimate of drug-likeness (QED) is 0.797. The first-order valence-corrected chi connectivity index (χ1v) is 8.22. The minimum atomic E-state index is -0.102. The van der Waals surface area contributed by atoms with Crippen molar-refractivity contribution in [2.75, 3.05) is 5.32 Å². The summed E-state index contributed by atoms with van der Waals surface area (Å²) in [7, 11) is 0. The molecule has 0 aliphatic heterocycles. The Bertz CT molecular complexity index is 750. The number of rotatable bonds is 4. The third-order valence-electron chi connectivity index (χ3n) is 2.84. The Morgan fingerprint density at radius 2 is 2.24 bits per heavy atom. The van der Waals surface area contributed by atoms with Gasteiger partial charge in [0.1, 0.15) is 10.8 Å². The van der Waals surface area contributed by atoms with Crippen molar-refractivity contribution in [1.82, 2.24) is 9.97 Å². The molecule has 3 heterocycles. The maximum atomic E-state index is 12.0. The van der Waals surface area contributed by atoms with Crippen molar-refractivity contribution in [3.8, 4) is 10.6 Å². The lowest BCUT2D eigenvalue weighted by Crippen LogP contribution is -2.15. The number of carbonyl (C=O) groups excluding carboxylic acids is 1. The molecule has 1 N–H and O–H groups in total. The highest BCUT2D eigenvalue weighted by molar-refractivity contribution is 7.14. The molecule has 3 aromatic heterocycles. The van der Waals surface area contributed by atoms with Gasteiger partial charge in [-0.05, 0) is 36.1 Å². The molecule has 3 aromatic rings.